The van der Waals surface area contributed by atoms with Crippen molar-refractivity contribution in [3.63, 3.8) is 0 Å². The van der Waals surface area contributed by atoms with Crippen LogP contribution in [0.5, 0.6) is 0 Å². The van der Waals surface area contributed by atoms with Gasteiger partial charge >= 0.3 is 0 Å². The Morgan fingerprint density at radius 2 is 2.08 bits per heavy atom. The molecule has 1 heteroatoms. The molecule has 0 heterocycles. The Morgan fingerprint density at radius 3 is 2.62 bits per heavy atom. The van der Waals surface area contributed by atoms with Crippen molar-refractivity contribution in [2.75, 3.05) is 5.32 Å². The van der Waals surface area contributed by atoms with E-state index in [1.807, 2.05) is 6.08 Å². The van der Waals surface area contributed by atoms with Crippen LogP contribution < -0.4 is 5.32 Å². The first-order chi connectivity index (χ1) is 6.13. The van der Waals surface area contributed by atoms with Crippen molar-refractivity contribution in [2.24, 2.45) is 0 Å². The van der Waals surface area contributed by atoms with Gasteiger partial charge in [-0.1, -0.05) is 24.8 Å². The highest BCUT2D eigenvalue weighted by Gasteiger charge is 1.99. The number of hydrogen-bond donors (Lipinski definition) is 1. The molecule has 1 aromatic rings. The highest BCUT2D eigenvalue weighted by molar-refractivity contribution is 5.60. The maximum Gasteiger partial charge on any atom is 0.0377 e. The zero-order valence-electron chi connectivity index (χ0n) is 8.59. The molecule has 1 rings (SSSR count). The molecule has 13 heavy (non-hydrogen) atoms. The lowest BCUT2D eigenvalue weighted by Crippen LogP contribution is -2.10. The molecule has 1 nitrogen and oxygen atoms in total. The van der Waals surface area contributed by atoms with Gasteiger partial charge in [0.05, 0.1) is 0 Å². The molecule has 0 aliphatic heterocycles. The summed E-state index contributed by atoms with van der Waals surface area (Å²) < 4.78 is 0. The maximum atomic E-state index is 3.75. The molecule has 0 aromatic heterocycles. The Morgan fingerprint density at radius 1 is 1.38 bits per heavy atom. The fourth-order valence-electron chi connectivity index (χ4n) is 1.23. The van der Waals surface area contributed by atoms with Crippen molar-refractivity contribution in [1.29, 1.82) is 0 Å². The third-order valence-corrected chi connectivity index (χ3v) is 1.94. The molecule has 0 saturated carbocycles. The minimum Gasteiger partial charge on any atom is -0.383 e. The summed E-state index contributed by atoms with van der Waals surface area (Å²) in [6, 6.07) is 6.79. The van der Waals surface area contributed by atoms with E-state index in [1.54, 1.807) is 0 Å². The van der Waals surface area contributed by atoms with E-state index in [0.29, 0.717) is 6.04 Å². The average molecular weight is 175 g/mol. The molecule has 70 valence electrons. The van der Waals surface area contributed by atoms with Crippen LogP contribution in [0.4, 0.5) is 5.69 Å². The maximum absolute atomic E-state index is 3.75. The first kappa shape index (κ1) is 9.85. The molecule has 0 amide bonds. The minimum atomic E-state index is 0.471. The lowest BCUT2D eigenvalue weighted by Gasteiger charge is -2.13. The quantitative estimate of drug-likeness (QED) is 0.741. The fourth-order valence-corrected chi connectivity index (χ4v) is 1.23. The third kappa shape index (κ3) is 2.62. The van der Waals surface area contributed by atoms with Gasteiger partial charge in [0, 0.05) is 11.7 Å². The molecule has 0 aliphatic rings. The Hall–Kier alpha value is -1.24. The summed E-state index contributed by atoms with van der Waals surface area (Å²) in [6.07, 6.45) is 1.87. The Kier molecular flexibility index (Phi) is 3.13. The number of rotatable bonds is 3. The zero-order chi connectivity index (χ0) is 9.84. The standard InChI is InChI=1S/C12H17N/c1-5-11-7-6-10(4)12(8-11)13-9(2)3/h5-9,13H,1H2,2-4H3. The van der Waals surface area contributed by atoms with Crippen molar-refractivity contribution in [3.05, 3.63) is 35.9 Å². The monoisotopic (exact) mass is 175 g/mol. The van der Waals surface area contributed by atoms with Crippen LogP contribution in [0, 0.1) is 6.92 Å². The second-order valence-corrected chi connectivity index (χ2v) is 3.58. The summed E-state index contributed by atoms with van der Waals surface area (Å²) >= 11 is 0. The summed E-state index contributed by atoms with van der Waals surface area (Å²) in [7, 11) is 0. The molecule has 0 atom stereocenters. The van der Waals surface area contributed by atoms with E-state index < -0.39 is 0 Å². The van der Waals surface area contributed by atoms with E-state index in [0.717, 1.165) is 5.56 Å². The van der Waals surface area contributed by atoms with Gasteiger partial charge in [0.1, 0.15) is 0 Å². The summed E-state index contributed by atoms with van der Waals surface area (Å²) in [5.74, 6) is 0. The van der Waals surface area contributed by atoms with Gasteiger partial charge in [-0.05, 0) is 38.0 Å². The van der Waals surface area contributed by atoms with E-state index >= 15 is 0 Å². The predicted octanol–water partition coefficient (Wildman–Crippen LogP) is 3.46. The second kappa shape index (κ2) is 4.13. The molecule has 0 radical (unpaired) electrons. The van der Waals surface area contributed by atoms with E-state index in [4.69, 9.17) is 0 Å². The number of nitrogens with one attached hydrogen (secondary N) is 1. The van der Waals surface area contributed by atoms with Gasteiger partial charge in [0.2, 0.25) is 0 Å². The van der Waals surface area contributed by atoms with E-state index in [2.05, 4.69) is 50.9 Å². The van der Waals surface area contributed by atoms with Gasteiger partial charge in [-0.3, -0.25) is 0 Å². The van der Waals surface area contributed by atoms with Gasteiger partial charge in [-0.15, -0.1) is 0 Å². The lowest BCUT2D eigenvalue weighted by molar-refractivity contribution is 0.897. The molecule has 1 N–H and O–H groups in total. The van der Waals surface area contributed by atoms with Crippen LogP contribution in [0.25, 0.3) is 6.08 Å². The van der Waals surface area contributed by atoms with Crippen molar-refractivity contribution in [1.82, 2.24) is 0 Å². The van der Waals surface area contributed by atoms with Crippen molar-refractivity contribution >= 4 is 11.8 Å². The van der Waals surface area contributed by atoms with Crippen LogP contribution in [0.15, 0.2) is 24.8 Å². The van der Waals surface area contributed by atoms with E-state index in [9.17, 15) is 0 Å². The van der Waals surface area contributed by atoms with Crippen LogP contribution in [-0.4, -0.2) is 6.04 Å². The fraction of sp³-hybridized carbons (Fsp3) is 0.333. The highest BCUT2D eigenvalue weighted by Crippen LogP contribution is 2.18. The molecule has 0 bridgehead atoms. The first-order valence-corrected chi connectivity index (χ1v) is 4.63. The van der Waals surface area contributed by atoms with Gasteiger partial charge in [0.25, 0.3) is 0 Å². The summed E-state index contributed by atoms with van der Waals surface area (Å²) in [4.78, 5) is 0. The summed E-state index contributed by atoms with van der Waals surface area (Å²) in [6.45, 7) is 10.1. The molecular weight excluding hydrogens is 158 g/mol. The molecule has 0 unspecified atom stereocenters. The molecule has 0 aliphatic carbocycles. The molecule has 0 spiro atoms. The van der Waals surface area contributed by atoms with Crippen molar-refractivity contribution in [3.8, 4) is 0 Å². The number of aryl methyl sites for hydroxylation is 1. The smallest absolute Gasteiger partial charge is 0.0377 e. The summed E-state index contributed by atoms with van der Waals surface area (Å²) in [5.41, 5.74) is 3.64. The normalized spacial score (nSPS) is 10.2. The Bertz CT molecular complexity index is 300. The lowest BCUT2D eigenvalue weighted by atomic mass is 10.1. The van der Waals surface area contributed by atoms with Crippen LogP contribution in [0.3, 0.4) is 0 Å². The van der Waals surface area contributed by atoms with Crippen molar-refractivity contribution in [2.45, 2.75) is 26.8 Å². The van der Waals surface area contributed by atoms with Crippen LogP contribution in [0.1, 0.15) is 25.0 Å². The van der Waals surface area contributed by atoms with Crippen LogP contribution in [-0.2, 0) is 0 Å². The van der Waals surface area contributed by atoms with Gasteiger partial charge in [0.15, 0.2) is 0 Å². The average Bonchev–Trinajstić information content (AvgIpc) is 2.08. The highest BCUT2D eigenvalue weighted by atomic mass is 14.9. The first-order valence-electron chi connectivity index (χ1n) is 4.63. The zero-order valence-corrected chi connectivity index (χ0v) is 8.59. The Balaban J connectivity index is 2.96. The topological polar surface area (TPSA) is 12.0 Å². The minimum absolute atomic E-state index is 0.471. The van der Waals surface area contributed by atoms with Gasteiger partial charge in [-0.2, -0.15) is 0 Å². The van der Waals surface area contributed by atoms with Crippen LogP contribution in [0.2, 0.25) is 0 Å². The predicted molar refractivity (Wildman–Crippen MR) is 60.0 cm³/mol. The van der Waals surface area contributed by atoms with E-state index in [1.165, 1.54) is 11.3 Å². The SMILES string of the molecule is C=Cc1ccc(C)c(NC(C)C)c1. The third-order valence-electron chi connectivity index (χ3n) is 1.94. The van der Waals surface area contributed by atoms with Gasteiger partial charge in [-0.25, -0.2) is 0 Å². The molecule has 0 saturated heterocycles. The number of hydrogen-bond acceptors (Lipinski definition) is 1. The molecule has 1 aromatic carbocycles. The van der Waals surface area contributed by atoms with Gasteiger partial charge < -0.3 is 5.32 Å². The van der Waals surface area contributed by atoms with E-state index in [-0.39, 0.29) is 0 Å². The summed E-state index contributed by atoms with van der Waals surface area (Å²) in [5, 5.41) is 3.40. The number of benzene rings is 1. The molecule has 0 fully saturated rings. The van der Waals surface area contributed by atoms with Crippen molar-refractivity contribution < 1.29 is 0 Å². The second-order valence-electron chi connectivity index (χ2n) is 3.58. The largest absolute Gasteiger partial charge is 0.383 e. The van der Waals surface area contributed by atoms with Crippen LogP contribution >= 0.6 is 0 Å². The Labute approximate surface area is 80.5 Å². The molecular formula is C12H17N. The number of anilines is 1.